The Hall–Kier alpha value is -1.99. The van der Waals surface area contributed by atoms with Crippen LogP contribution < -0.4 is 10.4 Å². The van der Waals surface area contributed by atoms with E-state index in [-0.39, 0.29) is 11.5 Å². The first-order valence-electron chi connectivity index (χ1n) is 7.62. The molecule has 1 unspecified atom stereocenters. The Balaban J connectivity index is 2.12. The molecule has 2 aromatic carbocycles. The summed E-state index contributed by atoms with van der Waals surface area (Å²) in [6.45, 7) is 2.23. The fourth-order valence-electron chi connectivity index (χ4n) is 3.47. The van der Waals surface area contributed by atoms with Gasteiger partial charge >= 0.3 is 0 Å². The molecule has 24 heavy (non-hydrogen) atoms. The molecule has 1 aliphatic carbocycles. The van der Waals surface area contributed by atoms with Crippen molar-refractivity contribution in [3.8, 4) is 5.75 Å². The third-order valence-electron chi connectivity index (χ3n) is 4.70. The second-order valence-electron chi connectivity index (χ2n) is 6.08. The predicted molar refractivity (Wildman–Crippen MR) is 108 cm³/mol. The lowest BCUT2D eigenvalue weighted by Gasteiger charge is -2.37. The minimum absolute atomic E-state index is 0.0304. The molecule has 2 aliphatic rings. The minimum Gasteiger partial charge on any atom is -0.508 e. The van der Waals surface area contributed by atoms with E-state index >= 15 is 0 Å². The molecule has 0 spiro atoms. The van der Waals surface area contributed by atoms with Gasteiger partial charge in [0.2, 0.25) is 0 Å². The van der Waals surface area contributed by atoms with Crippen LogP contribution in [-0.2, 0) is 4.79 Å². The maximum absolute atomic E-state index is 12.3. The Morgan fingerprint density at radius 1 is 1.08 bits per heavy atom. The first kappa shape index (κ1) is 15.5. The Labute approximate surface area is 154 Å². The van der Waals surface area contributed by atoms with Crippen molar-refractivity contribution >= 4 is 58.2 Å². The van der Waals surface area contributed by atoms with Crippen molar-refractivity contribution < 1.29 is 9.90 Å². The van der Waals surface area contributed by atoms with Gasteiger partial charge < -0.3 is 5.11 Å². The Kier molecular flexibility index (Phi) is 3.58. The van der Waals surface area contributed by atoms with Crippen molar-refractivity contribution in [3.05, 3.63) is 69.5 Å². The molecule has 5 heteroatoms. The number of nitrogens with zero attached hydrogens (tertiary/aromatic N) is 1. The van der Waals surface area contributed by atoms with Crippen LogP contribution in [-0.4, -0.2) is 24.7 Å². The molecule has 0 saturated carbocycles. The molecule has 3 nitrogen and oxygen atoms in total. The Bertz CT molecular complexity index is 963. The number of benzene rings is 2. The van der Waals surface area contributed by atoms with Crippen LogP contribution in [0.4, 0.5) is 5.69 Å². The third-order valence-corrected chi connectivity index (χ3v) is 10.7. The van der Waals surface area contributed by atoms with Gasteiger partial charge in [0, 0.05) is 0 Å². The SMILES string of the molecule is C[Si]1(c2ccccc2)C2=C(I)C(=O)C=CC2=Nc2ccc(O)cc21. The highest BCUT2D eigenvalue weighted by molar-refractivity contribution is 14.1. The molecule has 1 aliphatic heterocycles. The summed E-state index contributed by atoms with van der Waals surface area (Å²) < 4.78 is 0.737. The van der Waals surface area contributed by atoms with Gasteiger partial charge in [-0.25, -0.2) is 4.99 Å². The van der Waals surface area contributed by atoms with Crippen LogP contribution >= 0.6 is 22.6 Å². The number of phenols is 1. The van der Waals surface area contributed by atoms with Crippen molar-refractivity contribution in [3.63, 3.8) is 0 Å². The number of rotatable bonds is 1. The zero-order chi connectivity index (χ0) is 16.9. The molecular weight excluding hydrogens is 429 g/mol. The molecule has 0 fully saturated rings. The van der Waals surface area contributed by atoms with Crippen LogP contribution in [0, 0.1) is 0 Å². The lowest BCUT2D eigenvalue weighted by atomic mass is 10.1. The van der Waals surface area contributed by atoms with Crippen molar-refractivity contribution in [2.75, 3.05) is 0 Å². The maximum atomic E-state index is 12.3. The number of fused-ring (bicyclic) bond motifs is 2. The van der Waals surface area contributed by atoms with Gasteiger partial charge in [0.25, 0.3) is 0 Å². The second kappa shape index (κ2) is 5.53. The molecule has 118 valence electrons. The number of aromatic hydroxyl groups is 1. The monoisotopic (exact) mass is 443 g/mol. The van der Waals surface area contributed by atoms with Crippen LogP contribution in [0.25, 0.3) is 0 Å². The highest BCUT2D eigenvalue weighted by Gasteiger charge is 2.45. The summed E-state index contributed by atoms with van der Waals surface area (Å²) in [5.74, 6) is 0.262. The lowest BCUT2D eigenvalue weighted by Crippen LogP contribution is -2.61. The van der Waals surface area contributed by atoms with Crippen molar-refractivity contribution in [2.45, 2.75) is 6.55 Å². The number of phenolic OH excluding ortho intramolecular Hbond substituents is 1. The van der Waals surface area contributed by atoms with E-state index in [2.05, 4.69) is 41.3 Å². The van der Waals surface area contributed by atoms with Crippen molar-refractivity contribution in [2.24, 2.45) is 4.99 Å². The first-order chi connectivity index (χ1) is 11.5. The number of carbonyl (C=O) groups is 1. The van der Waals surface area contributed by atoms with Gasteiger partial charge in [-0.05, 0) is 68.5 Å². The fraction of sp³-hybridized carbons (Fsp3) is 0.0526. The lowest BCUT2D eigenvalue weighted by molar-refractivity contribution is -0.110. The maximum Gasteiger partial charge on any atom is 0.191 e. The van der Waals surface area contributed by atoms with Crippen molar-refractivity contribution in [1.29, 1.82) is 0 Å². The normalized spacial score (nSPS) is 22.1. The van der Waals surface area contributed by atoms with Gasteiger partial charge in [-0.3, -0.25) is 4.79 Å². The Morgan fingerprint density at radius 2 is 1.83 bits per heavy atom. The van der Waals surface area contributed by atoms with E-state index in [4.69, 9.17) is 4.99 Å². The topological polar surface area (TPSA) is 49.7 Å². The van der Waals surface area contributed by atoms with E-state index in [1.807, 2.05) is 36.4 Å². The van der Waals surface area contributed by atoms with Gasteiger partial charge in [-0.15, -0.1) is 0 Å². The molecule has 0 bridgehead atoms. The van der Waals surface area contributed by atoms with Crippen LogP contribution in [0.2, 0.25) is 6.55 Å². The van der Waals surface area contributed by atoms with E-state index in [0.717, 1.165) is 25.4 Å². The fourth-order valence-corrected chi connectivity index (χ4v) is 9.58. The summed E-state index contributed by atoms with van der Waals surface area (Å²) in [4.78, 5) is 17.1. The summed E-state index contributed by atoms with van der Waals surface area (Å²) in [6, 6.07) is 15.6. The summed E-state index contributed by atoms with van der Waals surface area (Å²) in [5.41, 5.74) is 1.75. The average Bonchev–Trinajstić information content (AvgIpc) is 2.60. The van der Waals surface area contributed by atoms with Gasteiger partial charge in [-0.2, -0.15) is 0 Å². The number of hydrogen-bond acceptors (Lipinski definition) is 3. The molecule has 0 aromatic heterocycles. The molecule has 1 N–H and O–H groups in total. The average molecular weight is 443 g/mol. The van der Waals surface area contributed by atoms with E-state index in [1.165, 1.54) is 5.19 Å². The minimum atomic E-state index is -2.42. The molecular formula is C19H14INO2Si. The van der Waals surface area contributed by atoms with Crippen LogP contribution in [0.5, 0.6) is 5.75 Å². The van der Waals surface area contributed by atoms with Gasteiger partial charge in [0.1, 0.15) is 5.75 Å². The van der Waals surface area contributed by atoms with E-state index in [1.54, 1.807) is 12.1 Å². The zero-order valence-electron chi connectivity index (χ0n) is 13.0. The second-order valence-corrected chi connectivity index (χ2v) is 11.0. The number of aliphatic imine (C=N–C) groups is 1. The molecule has 0 amide bonds. The summed E-state index contributed by atoms with van der Waals surface area (Å²) >= 11 is 2.15. The van der Waals surface area contributed by atoms with Crippen LogP contribution in [0.3, 0.4) is 0 Å². The number of hydrogen-bond donors (Lipinski definition) is 1. The number of carbonyl (C=O) groups excluding carboxylic acids is 1. The zero-order valence-corrected chi connectivity index (χ0v) is 16.1. The molecule has 2 aromatic rings. The third kappa shape index (κ3) is 2.15. The number of halogens is 1. The number of ketones is 1. The molecule has 0 radical (unpaired) electrons. The van der Waals surface area contributed by atoms with E-state index < -0.39 is 8.07 Å². The van der Waals surface area contributed by atoms with Gasteiger partial charge in [0.15, 0.2) is 13.9 Å². The van der Waals surface area contributed by atoms with Crippen LogP contribution in [0.1, 0.15) is 0 Å². The quantitative estimate of drug-likeness (QED) is 0.419. The molecule has 1 heterocycles. The van der Waals surface area contributed by atoms with Gasteiger partial charge in [-0.1, -0.05) is 36.9 Å². The molecule has 4 rings (SSSR count). The van der Waals surface area contributed by atoms with Gasteiger partial charge in [0.05, 0.1) is 15.0 Å². The smallest absolute Gasteiger partial charge is 0.191 e. The first-order valence-corrected chi connectivity index (χ1v) is 11.2. The molecule has 1 atom stereocenters. The van der Waals surface area contributed by atoms with E-state index in [0.29, 0.717) is 0 Å². The highest BCUT2D eigenvalue weighted by atomic mass is 127. The predicted octanol–water partition coefficient (Wildman–Crippen LogP) is 3.04. The molecule has 0 saturated heterocycles. The van der Waals surface area contributed by atoms with Crippen molar-refractivity contribution in [1.82, 2.24) is 0 Å². The summed E-state index contributed by atoms with van der Waals surface area (Å²) in [6.07, 6.45) is 3.42. The Morgan fingerprint density at radius 3 is 2.58 bits per heavy atom. The summed E-state index contributed by atoms with van der Waals surface area (Å²) in [5, 5.41) is 13.3. The van der Waals surface area contributed by atoms with E-state index in [9.17, 15) is 9.90 Å². The van der Waals surface area contributed by atoms with Crippen LogP contribution in [0.15, 0.2) is 74.5 Å². The largest absolute Gasteiger partial charge is 0.508 e. The number of allylic oxidation sites excluding steroid dienone is 4. The standard InChI is InChI=1S/C19H14INO2Si/c1-24(13-5-3-2-4-6-13)17-11-12(22)7-8-14(17)21-15-9-10-16(23)18(20)19(15)24/h2-11,22H,1H3. The summed E-state index contributed by atoms with van der Waals surface area (Å²) in [7, 11) is -2.42. The highest BCUT2D eigenvalue weighted by Crippen LogP contribution is 2.36.